The molecular formula is C14H20N2O3. The number of rotatable bonds is 5. The van der Waals surface area contributed by atoms with Crippen molar-refractivity contribution in [3.63, 3.8) is 0 Å². The second-order valence-corrected chi connectivity index (χ2v) is 4.93. The summed E-state index contributed by atoms with van der Waals surface area (Å²) in [6.45, 7) is 0. The van der Waals surface area contributed by atoms with Crippen molar-refractivity contribution in [1.29, 1.82) is 0 Å². The van der Waals surface area contributed by atoms with E-state index < -0.39 is 0 Å². The van der Waals surface area contributed by atoms with E-state index in [2.05, 4.69) is 5.32 Å². The van der Waals surface area contributed by atoms with Gasteiger partial charge in [0.15, 0.2) is 0 Å². The van der Waals surface area contributed by atoms with Gasteiger partial charge in [0.05, 0.1) is 24.8 Å². The summed E-state index contributed by atoms with van der Waals surface area (Å²) in [6, 6.07) is 5.16. The lowest BCUT2D eigenvalue weighted by Gasteiger charge is -2.39. The molecule has 5 nitrogen and oxygen atoms in total. The molecular weight excluding hydrogens is 244 g/mol. The molecule has 104 valence electrons. The van der Waals surface area contributed by atoms with Crippen LogP contribution in [0.5, 0.6) is 5.75 Å². The number of nitrogen functional groups attached to an aromatic ring is 1. The number of methoxy groups -OCH3 is 2. The fourth-order valence-corrected chi connectivity index (χ4v) is 2.32. The van der Waals surface area contributed by atoms with E-state index in [0.717, 1.165) is 19.3 Å². The number of nitrogens with two attached hydrogens (primary N) is 1. The molecule has 0 aromatic heterocycles. The highest BCUT2D eigenvalue weighted by atomic mass is 16.5. The number of hydrogen-bond acceptors (Lipinski definition) is 4. The Morgan fingerprint density at radius 1 is 1.42 bits per heavy atom. The van der Waals surface area contributed by atoms with E-state index in [0.29, 0.717) is 23.5 Å². The van der Waals surface area contributed by atoms with Crippen molar-refractivity contribution in [2.45, 2.75) is 31.3 Å². The first-order valence-electron chi connectivity index (χ1n) is 6.37. The zero-order valence-electron chi connectivity index (χ0n) is 11.4. The molecule has 1 aliphatic rings. The van der Waals surface area contributed by atoms with Crippen LogP contribution < -0.4 is 15.8 Å². The van der Waals surface area contributed by atoms with E-state index in [1.54, 1.807) is 32.4 Å². The number of anilines is 2. The van der Waals surface area contributed by atoms with Crippen LogP contribution in [0.1, 0.15) is 25.7 Å². The zero-order chi connectivity index (χ0) is 13.9. The first kappa shape index (κ1) is 13.7. The number of ether oxygens (including phenoxy) is 2. The topological polar surface area (TPSA) is 73.6 Å². The van der Waals surface area contributed by atoms with Crippen LogP contribution in [0.3, 0.4) is 0 Å². The van der Waals surface area contributed by atoms with Gasteiger partial charge in [-0.15, -0.1) is 0 Å². The highest BCUT2D eigenvalue weighted by molar-refractivity contribution is 5.93. The van der Waals surface area contributed by atoms with Gasteiger partial charge in [-0.25, -0.2) is 0 Å². The molecule has 3 N–H and O–H groups in total. The average molecular weight is 264 g/mol. The molecule has 0 aliphatic heterocycles. The Morgan fingerprint density at radius 2 is 2.16 bits per heavy atom. The van der Waals surface area contributed by atoms with Gasteiger partial charge in [-0.05, 0) is 31.4 Å². The summed E-state index contributed by atoms with van der Waals surface area (Å²) in [5, 5.41) is 2.85. The molecule has 19 heavy (non-hydrogen) atoms. The Hall–Kier alpha value is -1.75. The summed E-state index contributed by atoms with van der Waals surface area (Å²) < 4.78 is 10.6. The van der Waals surface area contributed by atoms with Crippen molar-refractivity contribution >= 4 is 17.3 Å². The van der Waals surface area contributed by atoms with E-state index >= 15 is 0 Å². The van der Waals surface area contributed by atoms with Gasteiger partial charge in [0, 0.05) is 18.9 Å². The van der Waals surface area contributed by atoms with Crippen LogP contribution in [0, 0.1) is 0 Å². The maximum Gasteiger partial charge on any atom is 0.227 e. The molecule has 1 aliphatic carbocycles. The molecule has 0 heterocycles. The van der Waals surface area contributed by atoms with Crippen LogP contribution in [0.25, 0.3) is 0 Å². The predicted octanol–water partition coefficient (Wildman–Crippen LogP) is 2.18. The zero-order valence-corrected chi connectivity index (χ0v) is 11.4. The minimum atomic E-state index is -0.273. The van der Waals surface area contributed by atoms with Gasteiger partial charge in [0.1, 0.15) is 5.75 Å². The maximum absolute atomic E-state index is 12.1. The molecule has 1 aromatic rings. The molecule has 0 bridgehead atoms. The smallest absolute Gasteiger partial charge is 0.227 e. The van der Waals surface area contributed by atoms with Gasteiger partial charge in [-0.1, -0.05) is 0 Å². The van der Waals surface area contributed by atoms with E-state index in [9.17, 15) is 4.79 Å². The highest BCUT2D eigenvalue weighted by Crippen LogP contribution is 2.38. The fourth-order valence-electron chi connectivity index (χ4n) is 2.32. The summed E-state index contributed by atoms with van der Waals surface area (Å²) in [5.74, 6) is 0.498. The van der Waals surface area contributed by atoms with Gasteiger partial charge < -0.3 is 20.5 Å². The summed E-state index contributed by atoms with van der Waals surface area (Å²) in [4.78, 5) is 12.1. The van der Waals surface area contributed by atoms with E-state index in [1.807, 2.05) is 0 Å². The molecule has 1 aromatic carbocycles. The van der Waals surface area contributed by atoms with Crippen molar-refractivity contribution in [2.75, 3.05) is 25.3 Å². The van der Waals surface area contributed by atoms with Gasteiger partial charge in [0.2, 0.25) is 5.91 Å². The van der Waals surface area contributed by atoms with Crippen LogP contribution in [-0.2, 0) is 9.53 Å². The lowest BCUT2D eigenvalue weighted by molar-refractivity contribution is -0.129. The maximum atomic E-state index is 12.1. The standard InChI is InChI=1S/C14H20N2O3/c1-18-12-8-10(15)4-5-11(12)16-13(17)9-14(19-2)6-3-7-14/h4-5,8H,3,6-7,9,15H2,1-2H3,(H,16,17). The monoisotopic (exact) mass is 264 g/mol. The van der Waals surface area contributed by atoms with Gasteiger partial charge in [-0.2, -0.15) is 0 Å². The van der Waals surface area contributed by atoms with Crippen molar-refractivity contribution < 1.29 is 14.3 Å². The minimum absolute atomic E-state index is 0.0652. The second kappa shape index (κ2) is 5.48. The number of carbonyl (C=O) groups is 1. The SMILES string of the molecule is COc1cc(N)ccc1NC(=O)CC1(OC)CCC1. The average Bonchev–Trinajstić information content (AvgIpc) is 2.36. The van der Waals surface area contributed by atoms with E-state index in [-0.39, 0.29) is 11.5 Å². The van der Waals surface area contributed by atoms with Crippen molar-refractivity contribution in [1.82, 2.24) is 0 Å². The van der Waals surface area contributed by atoms with Gasteiger partial charge in [0.25, 0.3) is 0 Å². The van der Waals surface area contributed by atoms with E-state index in [1.165, 1.54) is 0 Å². The Morgan fingerprint density at radius 3 is 2.68 bits per heavy atom. The van der Waals surface area contributed by atoms with E-state index in [4.69, 9.17) is 15.2 Å². The molecule has 0 unspecified atom stereocenters. The second-order valence-electron chi connectivity index (χ2n) is 4.93. The largest absolute Gasteiger partial charge is 0.494 e. The molecule has 1 saturated carbocycles. The Balaban J connectivity index is 2.02. The minimum Gasteiger partial charge on any atom is -0.494 e. The normalized spacial score (nSPS) is 16.5. The quantitative estimate of drug-likeness (QED) is 0.799. The van der Waals surface area contributed by atoms with Crippen molar-refractivity contribution in [3.05, 3.63) is 18.2 Å². The number of nitrogens with one attached hydrogen (secondary N) is 1. The molecule has 0 atom stereocenters. The highest BCUT2D eigenvalue weighted by Gasteiger charge is 2.39. The molecule has 1 fully saturated rings. The summed E-state index contributed by atoms with van der Waals surface area (Å²) >= 11 is 0. The summed E-state index contributed by atoms with van der Waals surface area (Å²) in [7, 11) is 3.21. The lowest BCUT2D eigenvalue weighted by atomic mass is 9.77. The molecule has 2 rings (SSSR count). The third-order valence-electron chi connectivity index (χ3n) is 3.68. The van der Waals surface area contributed by atoms with Gasteiger partial charge >= 0.3 is 0 Å². The molecule has 1 amide bonds. The summed E-state index contributed by atoms with van der Waals surface area (Å²) in [5.41, 5.74) is 6.63. The van der Waals surface area contributed by atoms with Crippen LogP contribution in [0.4, 0.5) is 11.4 Å². The third kappa shape index (κ3) is 2.98. The number of hydrogen-bond donors (Lipinski definition) is 2. The molecule has 0 radical (unpaired) electrons. The number of benzene rings is 1. The van der Waals surface area contributed by atoms with Crippen LogP contribution in [0.2, 0.25) is 0 Å². The Labute approximate surface area is 113 Å². The van der Waals surface area contributed by atoms with Crippen LogP contribution in [0.15, 0.2) is 18.2 Å². The summed E-state index contributed by atoms with van der Waals surface area (Å²) in [6.07, 6.45) is 3.37. The fraction of sp³-hybridized carbons (Fsp3) is 0.500. The van der Waals surface area contributed by atoms with Crippen LogP contribution >= 0.6 is 0 Å². The predicted molar refractivity (Wildman–Crippen MR) is 74.2 cm³/mol. The van der Waals surface area contributed by atoms with Crippen LogP contribution in [-0.4, -0.2) is 25.7 Å². The number of amides is 1. The molecule has 0 saturated heterocycles. The van der Waals surface area contributed by atoms with Crippen molar-refractivity contribution in [3.8, 4) is 5.75 Å². The number of carbonyl (C=O) groups excluding carboxylic acids is 1. The first-order valence-corrected chi connectivity index (χ1v) is 6.37. The molecule has 0 spiro atoms. The first-order chi connectivity index (χ1) is 9.08. The molecule has 5 heteroatoms. The Bertz CT molecular complexity index is 464. The van der Waals surface area contributed by atoms with Gasteiger partial charge in [-0.3, -0.25) is 4.79 Å². The third-order valence-corrected chi connectivity index (χ3v) is 3.68. The van der Waals surface area contributed by atoms with Crippen molar-refractivity contribution in [2.24, 2.45) is 0 Å². The Kier molecular flexibility index (Phi) is 3.95. The lowest BCUT2D eigenvalue weighted by Crippen LogP contribution is -2.42.